The number of fused-ring (bicyclic) bond motifs is 7. The predicted molar refractivity (Wildman–Crippen MR) is 276 cm³/mol. The van der Waals surface area contributed by atoms with Crippen LogP contribution in [0.2, 0.25) is 0 Å². The lowest BCUT2D eigenvalue weighted by Gasteiger charge is -2.10. The molecule has 0 atom stereocenters. The quantitative estimate of drug-likeness (QED) is 0.143. The number of halogens is 1. The lowest BCUT2D eigenvalue weighted by atomic mass is 9.97. The van der Waals surface area contributed by atoms with E-state index < -0.39 is 20.7 Å². The van der Waals surface area contributed by atoms with Gasteiger partial charge < -0.3 is 13.4 Å². The normalized spacial score (nSPS) is 12.6. The van der Waals surface area contributed by atoms with Crippen LogP contribution < -0.4 is 5.35 Å². The van der Waals surface area contributed by atoms with Crippen molar-refractivity contribution >= 4 is 86.3 Å². The summed E-state index contributed by atoms with van der Waals surface area (Å²) in [6, 6.07) is 59.6. The minimum Gasteiger partial charge on any atom is -0.456 e. The van der Waals surface area contributed by atoms with Crippen LogP contribution in [0.5, 0.6) is 0 Å². The average Bonchev–Trinajstić information content (AvgIpc) is 4.02. The van der Waals surface area contributed by atoms with Crippen molar-refractivity contribution in [3.8, 4) is 50.2 Å². The van der Waals surface area contributed by atoms with Crippen molar-refractivity contribution in [3.63, 3.8) is 0 Å². The fourth-order valence-corrected chi connectivity index (χ4v) is 12.2. The molecule has 0 amide bonds. The van der Waals surface area contributed by atoms with Crippen LogP contribution in [0.3, 0.4) is 0 Å². The Balaban J connectivity index is 0.930. The van der Waals surface area contributed by atoms with Crippen molar-refractivity contribution in [1.29, 1.82) is 0 Å². The lowest BCUT2D eigenvalue weighted by molar-refractivity contribution is 0.603. The van der Waals surface area contributed by atoms with Crippen LogP contribution in [0.25, 0.3) is 116 Å². The molecule has 0 fully saturated rings. The molecule has 0 unspecified atom stereocenters. The minimum absolute atomic E-state index is 0.552. The first-order valence-electron chi connectivity index (χ1n) is 21.4. The van der Waals surface area contributed by atoms with E-state index in [-0.39, 0.29) is 0 Å². The van der Waals surface area contributed by atoms with Crippen LogP contribution in [-0.4, -0.2) is 9.55 Å². The average molecular weight is 935 g/mol. The summed E-state index contributed by atoms with van der Waals surface area (Å²) in [4.78, 5) is 4.25. The third kappa shape index (κ3) is 6.50. The van der Waals surface area contributed by atoms with E-state index in [0.29, 0.717) is 0 Å². The molecule has 64 heavy (non-hydrogen) atoms. The zero-order valence-electron chi connectivity index (χ0n) is 34.9. The molecule has 0 spiro atoms. The number of nitrogens with zero attached hydrogens (tertiary/aromatic N) is 2. The van der Waals surface area contributed by atoms with Crippen LogP contribution in [0, 0.1) is 3.15 Å². The summed E-state index contributed by atoms with van der Waals surface area (Å²) >= 11 is -0.552. The zero-order valence-corrected chi connectivity index (χ0v) is 37.1. The summed E-state index contributed by atoms with van der Waals surface area (Å²) in [5, 5.41) is 5.86. The van der Waals surface area contributed by atoms with Crippen LogP contribution in [0.15, 0.2) is 204 Å². The van der Waals surface area contributed by atoms with Crippen molar-refractivity contribution in [1.82, 2.24) is 9.55 Å². The molecule has 0 aliphatic carbocycles. The van der Waals surface area contributed by atoms with Gasteiger partial charge in [-0.2, -0.15) is 0 Å². The molecule has 1 aliphatic rings. The number of pyridine rings is 1. The highest BCUT2D eigenvalue weighted by atomic mass is 127. The summed E-state index contributed by atoms with van der Waals surface area (Å²) in [7, 11) is 0. The van der Waals surface area contributed by atoms with E-state index in [1.54, 1.807) is 12.3 Å². The van der Waals surface area contributed by atoms with E-state index in [2.05, 4.69) is 192 Å². The molecule has 0 saturated carbocycles. The maximum absolute atomic E-state index is 6.13. The molecule has 0 saturated heterocycles. The van der Waals surface area contributed by atoms with Crippen molar-refractivity contribution < 1.29 is 8.83 Å². The summed E-state index contributed by atoms with van der Waals surface area (Å²) in [5.41, 5.74) is 16.7. The number of benzene rings is 7. The van der Waals surface area contributed by atoms with Crippen LogP contribution in [-0.2, 0) is 0 Å². The van der Waals surface area contributed by atoms with Crippen LogP contribution >= 0.6 is 20.7 Å². The molecule has 7 aromatic carbocycles. The van der Waals surface area contributed by atoms with Crippen molar-refractivity contribution in [2.45, 2.75) is 6.92 Å². The minimum atomic E-state index is -0.552. The van der Waals surface area contributed by atoms with Gasteiger partial charge in [0.05, 0.1) is 17.1 Å². The molecule has 5 heterocycles. The maximum atomic E-state index is 6.13. The summed E-state index contributed by atoms with van der Waals surface area (Å²) < 4.78 is 17.5. The monoisotopic (exact) mass is 934 g/mol. The van der Waals surface area contributed by atoms with Gasteiger partial charge in [0.15, 0.2) is 5.58 Å². The van der Waals surface area contributed by atoms with Gasteiger partial charge in [0, 0.05) is 45.7 Å². The van der Waals surface area contributed by atoms with E-state index in [1.807, 2.05) is 25.3 Å². The van der Waals surface area contributed by atoms with Gasteiger partial charge >= 0.3 is 0 Å². The van der Waals surface area contributed by atoms with Gasteiger partial charge in [-0.1, -0.05) is 130 Å². The second kappa shape index (κ2) is 15.6. The largest absolute Gasteiger partial charge is 0.456 e. The second-order valence-corrected chi connectivity index (χ2v) is 18.9. The standard InChI is InChI=1S/C59H39IN2O2/c1-3-11-47-49-33-43(21-26-56(49)63-55(47)4-2)40-15-9-13-38(31-40)42-20-24-53-51(35-42)59-54(62(53)46-18-6-5-7-19-46)25-23-52(60-59)45-17-10-16-41(32-45)37-12-8-14-39(30-37)44-22-27-57-50(34-44)48-28-29-61-36-58(48)64-57/h3-36H,2H2,1H3/b11-3-. The van der Waals surface area contributed by atoms with Crippen molar-refractivity contribution in [2.75, 3.05) is 0 Å². The zero-order chi connectivity index (χ0) is 42.7. The molecule has 0 bridgehead atoms. The Morgan fingerprint density at radius 2 is 1.12 bits per heavy atom. The van der Waals surface area contributed by atoms with Crippen LogP contribution in [0.4, 0.5) is 0 Å². The highest BCUT2D eigenvalue weighted by Crippen LogP contribution is 2.39. The Hall–Kier alpha value is -7.61. The summed E-state index contributed by atoms with van der Waals surface area (Å²) in [6.45, 7) is 6.01. The van der Waals surface area contributed by atoms with E-state index in [4.69, 9.17) is 8.83 Å². The molecule has 5 heteroatoms. The van der Waals surface area contributed by atoms with Gasteiger partial charge in [0.2, 0.25) is 0 Å². The molecular weight excluding hydrogens is 896 g/mol. The number of hydrogen-bond acceptors (Lipinski definition) is 3. The van der Waals surface area contributed by atoms with Gasteiger partial charge in [-0.25, -0.2) is 0 Å². The van der Waals surface area contributed by atoms with Gasteiger partial charge in [-0.3, -0.25) is 4.98 Å². The summed E-state index contributed by atoms with van der Waals surface area (Å²) in [5.74, 6) is 0.794. The number of para-hydroxylation sites is 1. The third-order valence-corrected chi connectivity index (χ3v) is 15.5. The Morgan fingerprint density at radius 3 is 1.80 bits per heavy atom. The van der Waals surface area contributed by atoms with E-state index in [0.717, 1.165) is 60.9 Å². The van der Waals surface area contributed by atoms with E-state index in [9.17, 15) is 0 Å². The molecular formula is C59H39IN2O2. The highest BCUT2D eigenvalue weighted by Gasteiger charge is 2.17. The number of furan rings is 2. The van der Waals surface area contributed by atoms with Gasteiger partial charge in [-0.05, 0) is 148 Å². The molecule has 4 nitrogen and oxygen atoms in total. The van der Waals surface area contributed by atoms with E-state index in [1.165, 1.54) is 62.1 Å². The number of allylic oxidation sites excluding steroid dienone is 2. The SMILES string of the molecule is C=Cc1oc2ccc(-c3cccc(-c4ccc5c(c4)c4c(n5-c5ccccc5)=CC=C(c5cccc(-c6cccc(-c7ccc8oc9cnccc9c8c7)c6)c5)I=4)c3)cc2c1/C=C\C. The first-order valence-corrected chi connectivity index (χ1v) is 23.6. The molecule has 12 rings (SSSR count). The molecule has 0 radical (unpaired) electrons. The van der Waals surface area contributed by atoms with Gasteiger partial charge in [0.25, 0.3) is 0 Å². The van der Waals surface area contributed by atoms with Crippen molar-refractivity contribution in [2.24, 2.45) is 0 Å². The Kier molecular flexibility index (Phi) is 9.30. The van der Waals surface area contributed by atoms with Crippen molar-refractivity contribution in [3.05, 3.63) is 220 Å². The predicted octanol–water partition coefficient (Wildman–Crippen LogP) is 16.1. The number of rotatable bonds is 8. The Bertz CT molecular complexity index is 3880. The number of hydrogen-bond donors (Lipinski definition) is 0. The molecule has 4 aromatic heterocycles. The Labute approximate surface area is 379 Å². The van der Waals surface area contributed by atoms with Crippen LogP contribution in [0.1, 0.15) is 23.8 Å². The fourth-order valence-electron chi connectivity index (χ4n) is 9.21. The number of aromatic nitrogens is 2. The van der Waals surface area contributed by atoms with E-state index >= 15 is 0 Å². The molecule has 1 aliphatic heterocycles. The second-order valence-electron chi connectivity index (χ2n) is 16.1. The fraction of sp³-hybridized carbons (Fsp3) is 0.0169. The van der Waals surface area contributed by atoms with Gasteiger partial charge in [-0.15, -0.1) is 0 Å². The smallest absolute Gasteiger partial charge is 0.153 e. The topological polar surface area (TPSA) is 44.1 Å². The molecule has 11 aromatic rings. The first-order chi connectivity index (χ1) is 31.6. The lowest BCUT2D eigenvalue weighted by Crippen LogP contribution is -2.15. The van der Waals surface area contributed by atoms with Gasteiger partial charge in [0.1, 0.15) is 16.9 Å². The third-order valence-electron chi connectivity index (χ3n) is 12.3. The highest BCUT2D eigenvalue weighted by molar-refractivity contribution is 14.2. The maximum Gasteiger partial charge on any atom is 0.153 e. The molecule has 0 N–H and O–H groups in total. The summed E-state index contributed by atoms with van der Waals surface area (Å²) in [6.07, 6.45) is 14.2. The molecule has 304 valence electrons. The Morgan fingerprint density at radius 1 is 0.531 bits per heavy atom. The first kappa shape index (κ1) is 38.1.